The summed E-state index contributed by atoms with van der Waals surface area (Å²) in [4.78, 5) is 13.4. The van der Waals surface area contributed by atoms with Crippen molar-refractivity contribution in [1.29, 1.82) is 0 Å². The third-order valence-electron chi connectivity index (χ3n) is 3.15. The van der Waals surface area contributed by atoms with E-state index in [2.05, 4.69) is 5.10 Å². The van der Waals surface area contributed by atoms with Crippen LogP contribution in [-0.4, -0.2) is 34.2 Å². The normalized spacial score (nSPS) is 10.6. The lowest BCUT2D eigenvalue weighted by Gasteiger charge is -2.14. The Morgan fingerprint density at radius 3 is 2.50 bits per heavy atom. The van der Waals surface area contributed by atoms with Crippen molar-refractivity contribution in [3.8, 4) is 0 Å². The van der Waals surface area contributed by atoms with Crippen molar-refractivity contribution in [3.05, 3.63) is 17.0 Å². The average molecular weight is 223 g/mol. The van der Waals surface area contributed by atoms with E-state index in [4.69, 9.17) is 0 Å². The van der Waals surface area contributed by atoms with Crippen LogP contribution >= 0.6 is 0 Å². The zero-order valence-electron chi connectivity index (χ0n) is 10.9. The first kappa shape index (κ1) is 12.7. The summed E-state index contributed by atoms with van der Waals surface area (Å²) in [6, 6.07) is 0. The van der Waals surface area contributed by atoms with Crippen LogP contribution in [0.1, 0.15) is 30.3 Å². The van der Waals surface area contributed by atoms with Crippen LogP contribution < -0.4 is 0 Å². The van der Waals surface area contributed by atoms with Gasteiger partial charge in [-0.05, 0) is 32.8 Å². The van der Waals surface area contributed by atoms with Gasteiger partial charge < -0.3 is 4.90 Å². The van der Waals surface area contributed by atoms with E-state index in [-0.39, 0.29) is 5.91 Å². The topological polar surface area (TPSA) is 38.1 Å². The SMILES string of the molecule is CCN(C)C(=O)CCc1c(C)nn(C)c1C. The van der Waals surface area contributed by atoms with E-state index in [1.54, 1.807) is 4.90 Å². The molecule has 0 aliphatic carbocycles. The highest BCUT2D eigenvalue weighted by atomic mass is 16.2. The smallest absolute Gasteiger partial charge is 0.222 e. The molecule has 0 aliphatic rings. The molecule has 1 aromatic rings. The second kappa shape index (κ2) is 5.14. The van der Waals surface area contributed by atoms with E-state index in [9.17, 15) is 4.79 Å². The number of hydrogen-bond donors (Lipinski definition) is 0. The summed E-state index contributed by atoms with van der Waals surface area (Å²) >= 11 is 0. The fourth-order valence-corrected chi connectivity index (χ4v) is 1.78. The standard InChI is InChI=1S/C12H21N3O/c1-6-14(4)12(16)8-7-11-9(2)13-15(5)10(11)3/h6-8H2,1-5H3. The molecular formula is C12H21N3O. The second-order valence-corrected chi connectivity index (χ2v) is 4.18. The molecule has 0 saturated heterocycles. The van der Waals surface area contributed by atoms with E-state index in [0.717, 1.165) is 24.4 Å². The number of rotatable bonds is 4. The molecule has 0 aliphatic heterocycles. The number of carbonyl (C=O) groups is 1. The molecule has 0 bridgehead atoms. The van der Waals surface area contributed by atoms with E-state index < -0.39 is 0 Å². The van der Waals surface area contributed by atoms with Crippen molar-refractivity contribution in [3.63, 3.8) is 0 Å². The van der Waals surface area contributed by atoms with E-state index >= 15 is 0 Å². The number of hydrogen-bond acceptors (Lipinski definition) is 2. The highest BCUT2D eigenvalue weighted by Crippen LogP contribution is 2.14. The lowest BCUT2D eigenvalue weighted by Crippen LogP contribution is -2.26. The van der Waals surface area contributed by atoms with Crippen LogP contribution in [0.3, 0.4) is 0 Å². The predicted molar refractivity (Wildman–Crippen MR) is 64.3 cm³/mol. The molecule has 0 fully saturated rings. The zero-order chi connectivity index (χ0) is 12.3. The Balaban J connectivity index is 2.65. The highest BCUT2D eigenvalue weighted by Gasteiger charge is 2.12. The lowest BCUT2D eigenvalue weighted by atomic mass is 10.1. The fourth-order valence-electron chi connectivity index (χ4n) is 1.78. The predicted octanol–water partition coefficient (Wildman–Crippen LogP) is 1.45. The lowest BCUT2D eigenvalue weighted by molar-refractivity contribution is -0.129. The Labute approximate surface area is 97.2 Å². The van der Waals surface area contributed by atoms with Gasteiger partial charge in [0, 0.05) is 32.8 Å². The van der Waals surface area contributed by atoms with Gasteiger partial charge in [-0.3, -0.25) is 9.48 Å². The van der Waals surface area contributed by atoms with Crippen LogP contribution in [0.25, 0.3) is 0 Å². The molecule has 0 spiro atoms. The Morgan fingerprint density at radius 2 is 2.06 bits per heavy atom. The van der Waals surface area contributed by atoms with Gasteiger partial charge in [-0.1, -0.05) is 0 Å². The van der Waals surface area contributed by atoms with Crippen LogP contribution in [0.15, 0.2) is 0 Å². The minimum atomic E-state index is 0.199. The van der Waals surface area contributed by atoms with Crippen LogP contribution in [0.4, 0.5) is 0 Å². The number of aryl methyl sites for hydroxylation is 2. The van der Waals surface area contributed by atoms with Crippen molar-refractivity contribution in [2.75, 3.05) is 13.6 Å². The molecule has 90 valence electrons. The maximum absolute atomic E-state index is 11.7. The van der Waals surface area contributed by atoms with Crippen LogP contribution in [0.5, 0.6) is 0 Å². The molecule has 0 atom stereocenters. The van der Waals surface area contributed by atoms with Gasteiger partial charge in [0.1, 0.15) is 0 Å². The summed E-state index contributed by atoms with van der Waals surface area (Å²) in [5.41, 5.74) is 3.40. The van der Waals surface area contributed by atoms with E-state index in [0.29, 0.717) is 6.42 Å². The Bertz CT molecular complexity index is 382. The van der Waals surface area contributed by atoms with Gasteiger partial charge >= 0.3 is 0 Å². The molecule has 16 heavy (non-hydrogen) atoms. The third kappa shape index (κ3) is 2.62. The van der Waals surface area contributed by atoms with Gasteiger partial charge in [-0.25, -0.2) is 0 Å². The van der Waals surface area contributed by atoms with Crippen molar-refractivity contribution in [1.82, 2.24) is 14.7 Å². The molecule has 1 aromatic heterocycles. The average Bonchev–Trinajstić information content (AvgIpc) is 2.49. The maximum atomic E-state index is 11.7. The first-order valence-electron chi connectivity index (χ1n) is 5.70. The molecule has 1 amide bonds. The summed E-state index contributed by atoms with van der Waals surface area (Å²) in [7, 11) is 3.77. The monoisotopic (exact) mass is 223 g/mol. The van der Waals surface area contributed by atoms with Crippen LogP contribution in [-0.2, 0) is 18.3 Å². The second-order valence-electron chi connectivity index (χ2n) is 4.18. The van der Waals surface area contributed by atoms with Crippen molar-refractivity contribution in [2.24, 2.45) is 7.05 Å². The van der Waals surface area contributed by atoms with E-state index in [1.165, 1.54) is 5.56 Å². The van der Waals surface area contributed by atoms with Gasteiger partial charge in [0.25, 0.3) is 0 Å². The highest BCUT2D eigenvalue weighted by molar-refractivity contribution is 5.76. The van der Waals surface area contributed by atoms with Gasteiger partial charge in [-0.2, -0.15) is 5.10 Å². The fraction of sp³-hybridized carbons (Fsp3) is 0.667. The number of carbonyl (C=O) groups excluding carboxylic acids is 1. The molecule has 4 nitrogen and oxygen atoms in total. The number of aromatic nitrogens is 2. The quantitative estimate of drug-likeness (QED) is 0.775. The molecule has 0 aromatic carbocycles. The Kier molecular flexibility index (Phi) is 4.10. The largest absolute Gasteiger partial charge is 0.346 e. The molecule has 0 saturated carbocycles. The minimum absolute atomic E-state index is 0.199. The van der Waals surface area contributed by atoms with Crippen LogP contribution in [0, 0.1) is 13.8 Å². The van der Waals surface area contributed by atoms with Gasteiger partial charge in [0.15, 0.2) is 0 Å². The molecule has 0 radical (unpaired) electrons. The number of nitrogens with zero attached hydrogens (tertiary/aromatic N) is 3. The summed E-state index contributed by atoms with van der Waals surface area (Å²) in [5.74, 6) is 0.199. The zero-order valence-corrected chi connectivity index (χ0v) is 10.9. The summed E-state index contributed by atoms with van der Waals surface area (Å²) in [6.07, 6.45) is 1.35. The minimum Gasteiger partial charge on any atom is -0.346 e. The van der Waals surface area contributed by atoms with Gasteiger partial charge in [0.05, 0.1) is 5.69 Å². The van der Waals surface area contributed by atoms with Crippen molar-refractivity contribution < 1.29 is 4.79 Å². The third-order valence-corrected chi connectivity index (χ3v) is 3.15. The summed E-state index contributed by atoms with van der Waals surface area (Å²) < 4.78 is 1.87. The van der Waals surface area contributed by atoms with Crippen LogP contribution in [0.2, 0.25) is 0 Å². The first-order chi connectivity index (χ1) is 7.47. The molecule has 1 heterocycles. The summed E-state index contributed by atoms with van der Waals surface area (Å²) in [6.45, 7) is 6.79. The molecule has 1 rings (SSSR count). The van der Waals surface area contributed by atoms with Gasteiger partial charge in [-0.15, -0.1) is 0 Å². The van der Waals surface area contributed by atoms with Gasteiger partial charge in [0.2, 0.25) is 5.91 Å². The first-order valence-corrected chi connectivity index (χ1v) is 5.70. The Morgan fingerprint density at radius 1 is 1.44 bits per heavy atom. The van der Waals surface area contributed by atoms with E-state index in [1.807, 2.05) is 39.5 Å². The van der Waals surface area contributed by atoms with Crippen molar-refractivity contribution >= 4 is 5.91 Å². The Hall–Kier alpha value is -1.32. The molecule has 4 heteroatoms. The summed E-state index contributed by atoms with van der Waals surface area (Å²) in [5, 5.41) is 4.35. The molecule has 0 N–H and O–H groups in total. The number of amides is 1. The molecule has 0 unspecified atom stereocenters. The van der Waals surface area contributed by atoms with Crippen molar-refractivity contribution in [2.45, 2.75) is 33.6 Å². The maximum Gasteiger partial charge on any atom is 0.222 e. The molecular weight excluding hydrogens is 202 g/mol.